The number of amides is 2. The highest BCUT2D eigenvalue weighted by Crippen LogP contribution is 2.44. The van der Waals surface area contributed by atoms with Gasteiger partial charge in [-0.3, -0.25) is 14.4 Å². The van der Waals surface area contributed by atoms with Crippen molar-refractivity contribution in [2.75, 3.05) is 20.4 Å². The van der Waals surface area contributed by atoms with Crippen molar-refractivity contribution in [2.24, 2.45) is 0 Å². The largest absolute Gasteiger partial charge is 0.494 e. The number of methoxy groups -OCH3 is 1. The lowest BCUT2D eigenvalue weighted by Gasteiger charge is -2.32. The zero-order chi connectivity index (χ0) is 31.1. The number of rotatable bonds is 7. The second-order valence-electron chi connectivity index (χ2n) is 10.2. The highest BCUT2D eigenvalue weighted by Gasteiger charge is 2.59. The van der Waals surface area contributed by atoms with Crippen molar-refractivity contribution < 1.29 is 41.4 Å². The number of nitrogens with zero attached hydrogens (tertiary/aromatic N) is 4. The van der Waals surface area contributed by atoms with E-state index in [1.165, 1.54) is 25.4 Å². The average molecular weight is 597 g/mol. The van der Waals surface area contributed by atoms with Crippen molar-refractivity contribution in [1.82, 2.24) is 14.8 Å². The highest BCUT2D eigenvalue weighted by atomic mass is 19.4. The van der Waals surface area contributed by atoms with Gasteiger partial charge >= 0.3 is 6.18 Å². The molecular formula is C30H24F4N4O5. The van der Waals surface area contributed by atoms with Crippen molar-refractivity contribution in [3.05, 3.63) is 82.9 Å². The van der Waals surface area contributed by atoms with E-state index >= 15 is 0 Å². The lowest BCUT2D eigenvalue weighted by Crippen LogP contribution is -2.51. The van der Waals surface area contributed by atoms with E-state index in [1.54, 1.807) is 24.3 Å². The SMILES string of the molecule is COc1cc(-c2ccc3c(c2)CC(=O)[C@]32OCN(CC(=O)N(Cc3ccc(F)cc3)[C@@H](C)C(F)(F)F)C2=O)cnc1C#N. The van der Waals surface area contributed by atoms with Gasteiger partial charge in [0.15, 0.2) is 17.2 Å². The predicted octanol–water partition coefficient (Wildman–Crippen LogP) is 3.88. The van der Waals surface area contributed by atoms with E-state index < -0.39 is 61.1 Å². The second-order valence-corrected chi connectivity index (χ2v) is 10.2. The van der Waals surface area contributed by atoms with Crippen molar-refractivity contribution in [1.29, 1.82) is 5.26 Å². The van der Waals surface area contributed by atoms with Gasteiger partial charge in [-0.1, -0.05) is 30.3 Å². The molecule has 2 aliphatic rings. The average Bonchev–Trinajstić information content (AvgIpc) is 3.46. The fourth-order valence-corrected chi connectivity index (χ4v) is 5.24. The molecule has 1 spiro atoms. The van der Waals surface area contributed by atoms with Gasteiger partial charge in [-0.25, -0.2) is 9.37 Å². The lowest BCUT2D eigenvalue weighted by molar-refractivity contribution is -0.187. The third-order valence-corrected chi connectivity index (χ3v) is 7.62. The van der Waals surface area contributed by atoms with E-state index in [0.29, 0.717) is 21.6 Å². The second kappa shape index (κ2) is 11.1. The van der Waals surface area contributed by atoms with Gasteiger partial charge in [0, 0.05) is 30.3 Å². The molecule has 3 aromatic rings. The van der Waals surface area contributed by atoms with Gasteiger partial charge < -0.3 is 19.3 Å². The normalized spacial score (nSPS) is 18.5. The molecule has 1 aromatic heterocycles. The van der Waals surface area contributed by atoms with E-state index in [2.05, 4.69) is 4.98 Å². The maximum absolute atomic E-state index is 13.7. The summed E-state index contributed by atoms with van der Waals surface area (Å²) < 4.78 is 65.3. The molecule has 2 aromatic carbocycles. The van der Waals surface area contributed by atoms with Crippen LogP contribution < -0.4 is 4.74 Å². The number of nitriles is 1. The number of benzene rings is 2. The standard InChI is InChI=1S/C30H24F4N4O5/c1-17(30(32,33)34)38(14-18-3-6-22(31)7-4-18)27(40)15-37-16-43-29(28(37)41)23-8-5-19(9-20(23)11-26(29)39)21-10-25(42-2)24(12-35)36-13-21/h3-10,13,17H,11,14-16H2,1-2H3/t17-,29+/m0/s1. The van der Waals surface area contributed by atoms with E-state index in [4.69, 9.17) is 9.47 Å². The molecule has 0 radical (unpaired) electrons. The van der Waals surface area contributed by atoms with Crippen LogP contribution in [0.2, 0.25) is 0 Å². The topological polar surface area (TPSA) is 113 Å². The molecule has 1 saturated heterocycles. The Morgan fingerprint density at radius 1 is 1.19 bits per heavy atom. The first-order valence-corrected chi connectivity index (χ1v) is 13.0. The number of aromatic nitrogens is 1. The number of halogens is 4. The molecule has 2 heterocycles. The van der Waals surface area contributed by atoms with Crippen LogP contribution in [0.25, 0.3) is 11.1 Å². The maximum Gasteiger partial charge on any atom is 0.408 e. The molecule has 13 heteroatoms. The minimum Gasteiger partial charge on any atom is -0.494 e. The van der Waals surface area contributed by atoms with Gasteiger partial charge in [0.2, 0.25) is 11.5 Å². The number of alkyl halides is 3. The summed E-state index contributed by atoms with van der Waals surface area (Å²) >= 11 is 0. The van der Waals surface area contributed by atoms with E-state index in [9.17, 15) is 37.2 Å². The van der Waals surface area contributed by atoms with Gasteiger partial charge in [0.1, 0.15) is 31.2 Å². The number of hydrogen-bond acceptors (Lipinski definition) is 7. The Balaban J connectivity index is 1.39. The molecule has 9 nitrogen and oxygen atoms in total. The molecule has 5 rings (SSSR count). The summed E-state index contributed by atoms with van der Waals surface area (Å²) in [7, 11) is 1.40. The minimum absolute atomic E-state index is 0.0991. The van der Waals surface area contributed by atoms with Crippen molar-refractivity contribution in [3.8, 4) is 22.9 Å². The summed E-state index contributed by atoms with van der Waals surface area (Å²) in [6, 6.07) is 10.9. The molecule has 0 N–H and O–H groups in total. The number of carbonyl (C=O) groups is 3. The summed E-state index contributed by atoms with van der Waals surface area (Å²) in [5.74, 6) is -2.76. The van der Waals surface area contributed by atoms with Crippen molar-refractivity contribution >= 4 is 17.6 Å². The van der Waals surface area contributed by atoms with Crippen LogP contribution in [0.4, 0.5) is 17.6 Å². The summed E-state index contributed by atoms with van der Waals surface area (Å²) in [5, 5.41) is 9.19. The number of ether oxygens (including phenoxy) is 2. The molecule has 43 heavy (non-hydrogen) atoms. The predicted molar refractivity (Wildman–Crippen MR) is 141 cm³/mol. The van der Waals surface area contributed by atoms with Gasteiger partial charge in [-0.2, -0.15) is 18.4 Å². The zero-order valence-electron chi connectivity index (χ0n) is 22.9. The lowest BCUT2D eigenvalue weighted by atomic mass is 9.92. The number of ketones is 1. The molecule has 2 amide bonds. The highest BCUT2D eigenvalue weighted by molar-refractivity contribution is 6.15. The quantitative estimate of drug-likeness (QED) is 0.301. The Hall–Kier alpha value is -4.83. The first kappa shape index (κ1) is 29.7. The fraction of sp³-hybridized carbons (Fsp3) is 0.300. The Morgan fingerprint density at radius 2 is 1.91 bits per heavy atom. The molecule has 222 valence electrons. The minimum atomic E-state index is -4.77. The first-order valence-electron chi connectivity index (χ1n) is 13.0. The third kappa shape index (κ3) is 5.30. The van der Waals surface area contributed by atoms with Crippen molar-refractivity contribution in [3.63, 3.8) is 0 Å². The molecule has 2 atom stereocenters. The van der Waals surface area contributed by atoms with Gasteiger partial charge in [0.05, 0.1) is 7.11 Å². The molecule has 1 aliphatic carbocycles. The van der Waals surface area contributed by atoms with Crippen LogP contribution >= 0.6 is 0 Å². The van der Waals surface area contributed by atoms with Crippen LogP contribution in [0.15, 0.2) is 54.7 Å². The monoisotopic (exact) mass is 596 g/mol. The number of carbonyl (C=O) groups excluding carboxylic acids is 3. The number of fused-ring (bicyclic) bond motifs is 2. The van der Waals surface area contributed by atoms with E-state index in [1.807, 2.05) is 6.07 Å². The molecule has 1 aliphatic heterocycles. The van der Waals surface area contributed by atoms with Crippen LogP contribution in [0.1, 0.15) is 29.3 Å². The molecular weight excluding hydrogens is 572 g/mol. The molecule has 0 bridgehead atoms. The van der Waals surface area contributed by atoms with Crippen LogP contribution in [0, 0.1) is 17.1 Å². The van der Waals surface area contributed by atoms with Crippen LogP contribution in [-0.2, 0) is 37.7 Å². The van der Waals surface area contributed by atoms with Crippen LogP contribution in [0.3, 0.4) is 0 Å². The Bertz CT molecular complexity index is 1650. The Morgan fingerprint density at radius 3 is 2.56 bits per heavy atom. The Labute approximate surface area is 243 Å². The number of pyridine rings is 1. The summed E-state index contributed by atoms with van der Waals surface area (Å²) in [4.78, 5) is 45.6. The van der Waals surface area contributed by atoms with E-state index in [0.717, 1.165) is 24.0 Å². The van der Waals surface area contributed by atoms with Gasteiger partial charge in [-0.05, 0) is 41.8 Å². The number of Topliss-reactive ketones (excluding diaryl/α,β-unsaturated/α-hetero) is 1. The first-order chi connectivity index (χ1) is 20.4. The number of hydrogen-bond donors (Lipinski definition) is 0. The summed E-state index contributed by atoms with van der Waals surface area (Å²) in [6.45, 7) is -0.912. The molecule has 1 fully saturated rings. The van der Waals surface area contributed by atoms with Crippen molar-refractivity contribution in [2.45, 2.75) is 37.7 Å². The van der Waals surface area contributed by atoms with E-state index in [-0.39, 0.29) is 29.0 Å². The Kier molecular flexibility index (Phi) is 7.66. The van der Waals surface area contributed by atoms with Gasteiger partial charge in [0.25, 0.3) is 5.91 Å². The smallest absolute Gasteiger partial charge is 0.408 e. The maximum atomic E-state index is 13.7. The zero-order valence-corrected chi connectivity index (χ0v) is 22.9. The molecule has 0 unspecified atom stereocenters. The third-order valence-electron chi connectivity index (χ3n) is 7.62. The van der Waals surface area contributed by atoms with Gasteiger partial charge in [-0.15, -0.1) is 0 Å². The summed E-state index contributed by atoms with van der Waals surface area (Å²) in [6.07, 6.45) is -3.45. The fourth-order valence-electron chi connectivity index (χ4n) is 5.24. The molecule has 0 saturated carbocycles. The van der Waals surface area contributed by atoms with Crippen LogP contribution in [0.5, 0.6) is 5.75 Å². The summed E-state index contributed by atoms with van der Waals surface area (Å²) in [5.41, 5.74) is 0.343. The van der Waals surface area contributed by atoms with Crippen LogP contribution in [-0.4, -0.2) is 65.0 Å².